The zero-order valence-electron chi connectivity index (χ0n) is 20.6. The van der Waals surface area contributed by atoms with Gasteiger partial charge in [-0.05, 0) is 33.8 Å². The van der Waals surface area contributed by atoms with Crippen molar-refractivity contribution in [1.29, 1.82) is 0 Å². The number of carbonyl (C=O) groups excluding carboxylic acids is 2. The molecule has 12 nitrogen and oxygen atoms in total. The second kappa shape index (κ2) is 10.1. The number of benzodiazepines with no additional fused rings is 1. The molecule has 0 bridgehead atoms. The number of non-ortho nitro benzene ring substituents is 1. The van der Waals surface area contributed by atoms with Gasteiger partial charge in [-0.1, -0.05) is 30.3 Å². The van der Waals surface area contributed by atoms with Gasteiger partial charge in [0.25, 0.3) is 11.6 Å². The standard InChI is InChI=1S/C24H28N6O6/c1-14(27-29(23(33)34)24(2,3)4)21(31)26-20-22(32)28(5)18-12-11-16(30(35)36)13-17(18)19(25-20)15-9-7-6-8-10-15/h6-14,20,27H,1-5H3,(H,26,31)(H,33,34)/t14-,20?/m0/s1. The molecule has 1 heterocycles. The van der Waals surface area contributed by atoms with Gasteiger partial charge in [0.1, 0.15) is 6.04 Å². The van der Waals surface area contributed by atoms with Crippen LogP contribution in [0.15, 0.2) is 53.5 Å². The number of fused-ring (bicyclic) bond motifs is 1. The van der Waals surface area contributed by atoms with Crippen LogP contribution in [0.25, 0.3) is 0 Å². The molecule has 1 unspecified atom stereocenters. The number of hydrazine groups is 1. The molecule has 0 fully saturated rings. The molecule has 2 aromatic rings. The topological polar surface area (TPSA) is 157 Å². The second-order valence-corrected chi connectivity index (χ2v) is 9.25. The van der Waals surface area contributed by atoms with E-state index in [1.807, 2.05) is 0 Å². The van der Waals surface area contributed by atoms with Crippen LogP contribution in [0.1, 0.15) is 38.8 Å². The van der Waals surface area contributed by atoms with Crippen molar-refractivity contribution < 1.29 is 24.4 Å². The lowest BCUT2D eigenvalue weighted by atomic mass is 9.99. The second-order valence-electron chi connectivity index (χ2n) is 9.25. The van der Waals surface area contributed by atoms with Crippen LogP contribution in [0.3, 0.4) is 0 Å². The first kappa shape index (κ1) is 26.3. The quantitative estimate of drug-likeness (QED) is 0.409. The smallest absolute Gasteiger partial charge is 0.422 e. The van der Waals surface area contributed by atoms with E-state index in [1.165, 1.54) is 37.1 Å². The summed E-state index contributed by atoms with van der Waals surface area (Å²) in [4.78, 5) is 54.6. The van der Waals surface area contributed by atoms with Crippen molar-refractivity contribution >= 4 is 35.0 Å². The molecule has 3 rings (SSSR count). The van der Waals surface area contributed by atoms with Gasteiger partial charge < -0.3 is 15.3 Å². The molecule has 190 valence electrons. The molecule has 36 heavy (non-hydrogen) atoms. The van der Waals surface area contributed by atoms with Gasteiger partial charge in [0.2, 0.25) is 12.1 Å². The molecule has 1 aliphatic heterocycles. The monoisotopic (exact) mass is 496 g/mol. The highest BCUT2D eigenvalue weighted by molar-refractivity contribution is 6.20. The van der Waals surface area contributed by atoms with E-state index in [2.05, 4.69) is 15.7 Å². The maximum Gasteiger partial charge on any atom is 0.422 e. The number of nitrogens with one attached hydrogen (secondary N) is 2. The number of rotatable bonds is 6. The average molecular weight is 497 g/mol. The van der Waals surface area contributed by atoms with E-state index in [0.29, 0.717) is 22.5 Å². The molecular weight excluding hydrogens is 468 g/mol. The number of hydrogen-bond acceptors (Lipinski definition) is 7. The minimum atomic E-state index is -1.36. The Hall–Kier alpha value is -4.32. The zero-order valence-corrected chi connectivity index (χ0v) is 20.6. The maximum absolute atomic E-state index is 13.3. The molecule has 2 atom stereocenters. The number of benzene rings is 2. The van der Waals surface area contributed by atoms with Gasteiger partial charge in [0.05, 0.1) is 21.9 Å². The minimum Gasteiger partial charge on any atom is -0.464 e. The molecule has 3 N–H and O–H groups in total. The molecule has 2 aromatic carbocycles. The van der Waals surface area contributed by atoms with E-state index in [0.717, 1.165) is 5.01 Å². The summed E-state index contributed by atoms with van der Waals surface area (Å²) in [6.45, 7) is 6.45. The van der Waals surface area contributed by atoms with E-state index < -0.39 is 40.6 Å². The third kappa shape index (κ3) is 5.49. The first-order valence-electron chi connectivity index (χ1n) is 11.1. The molecule has 0 saturated heterocycles. The zero-order chi connectivity index (χ0) is 26.8. The summed E-state index contributed by atoms with van der Waals surface area (Å²) in [7, 11) is 1.49. The van der Waals surface area contributed by atoms with Crippen LogP contribution in [0.2, 0.25) is 0 Å². The summed E-state index contributed by atoms with van der Waals surface area (Å²) in [6, 6.07) is 11.9. The van der Waals surface area contributed by atoms with Gasteiger partial charge in [-0.3, -0.25) is 19.7 Å². The van der Waals surface area contributed by atoms with Crippen LogP contribution < -0.4 is 15.6 Å². The summed E-state index contributed by atoms with van der Waals surface area (Å²) in [5.74, 6) is -1.23. The van der Waals surface area contributed by atoms with Crippen LogP contribution in [-0.4, -0.2) is 63.5 Å². The fourth-order valence-electron chi connectivity index (χ4n) is 3.64. The SMILES string of the molecule is C[C@H](NN(C(=O)O)C(C)(C)C)C(=O)NC1N=C(c2ccccc2)c2cc([N+](=O)[O-])ccc2N(C)C1=O. The normalized spacial score (nSPS) is 16.4. The number of nitrogens with zero attached hydrogens (tertiary/aromatic N) is 4. The highest BCUT2D eigenvalue weighted by Crippen LogP contribution is 2.30. The Kier molecular flexibility index (Phi) is 7.39. The number of nitro benzene ring substituents is 1. The van der Waals surface area contributed by atoms with Crippen molar-refractivity contribution in [2.45, 2.75) is 45.4 Å². The summed E-state index contributed by atoms with van der Waals surface area (Å²) < 4.78 is 0. The van der Waals surface area contributed by atoms with Gasteiger partial charge in [0, 0.05) is 30.3 Å². The maximum atomic E-state index is 13.3. The Labute approximate surface area is 207 Å². The Balaban J connectivity index is 2.01. The minimum absolute atomic E-state index is 0.172. The Morgan fingerprint density at radius 3 is 2.39 bits per heavy atom. The third-order valence-electron chi connectivity index (χ3n) is 5.53. The van der Waals surface area contributed by atoms with E-state index in [-0.39, 0.29) is 5.69 Å². The number of anilines is 1. The Morgan fingerprint density at radius 2 is 1.83 bits per heavy atom. The van der Waals surface area contributed by atoms with Crippen molar-refractivity contribution in [2.24, 2.45) is 4.99 Å². The van der Waals surface area contributed by atoms with E-state index >= 15 is 0 Å². The first-order valence-corrected chi connectivity index (χ1v) is 11.1. The number of carbonyl (C=O) groups is 3. The number of hydrogen-bond donors (Lipinski definition) is 3. The van der Waals surface area contributed by atoms with Crippen molar-refractivity contribution in [2.75, 3.05) is 11.9 Å². The number of likely N-dealkylation sites (N-methyl/N-ethyl adjacent to an activating group) is 1. The van der Waals surface area contributed by atoms with Crippen LogP contribution >= 0.6 is 0 Å². The molecule has 0 radical (unpaired) electrons. The van der Waals surface area contributed by atoms with Crippen LogP contribution in [0, 0.1) is 10.1 Å². The lowest BCUT2D eigenvalue weighted by Gasteiger charge is -2.35. The first-order chi connectivity index (χ1) is 16.8. The Bertz CT molecular complexity index is 1220. The van der Waals surface area contributed by atoms with Gasteiger partial charge >= 0.3 is 6.09 Å². The fourth-order valence-corrected chi connectivity index (χ4v) is 3.64. The Morgan fingerprint density at radius 1 is 1.19 bits per heavy atom. The number of carboxylic acid groups (broad SMARTS) is 1. The van der Waals surface area contributed by atoms with Gasteiger partial charge in [-0.25, -0.2) is 20.2 Å². The molecule has 0 aliphatic carbocycles. The van der Waals surface area contributed by atoms with E-state index in [4.69, 9.17) is 0 Å². The van der Waals surface area contributed by atoms with Crippen LogP contribution in [0.4, 0.5) is 16.2 Å². The molecular formula is C24H28N6O6. The largest absolute Gasteiger partial charge is 0.464 e. The predicted molar refractivity (Wildman–Crippen MR) is 133 cm³/mol. The molecule has 0 spiro atoms. The highest BCUT2D eigenvalue weighted by atomic mass is 16.6. The van der Waals surface area contributed by atoms with Crippen LogP contribution in [-0.2, 0) is 9.59 Å². The summed E-state index contributed by atoms with van der Waals surface area (Å²) in [6.07, 6.45) is -2.63. The molecule has 0 aromatic heterocycles. The van der Waals surface area contributed by atoms with Gasteiger partial charge in [0.15, 0.2) is 0 Å². The molecule has 1 aliphatic rings. The average Bonchev–Trinajstić information content (AvgIpc) is 2.92. The highest BCUT2D eigenvalue weighted by Gasteiger charge is 2.34. The lowest BCUT2D eigenvalue weighted by molar-refractivity contribution is -0.384. The van der Waals surface area contributed by atoms with Gasteiger partial charge in [-0.15, -0.1) is 0 Å². The van der Waals surface area contributed by atoms with Crippen molar-refractivity contribution in [1.82, 2.24) is 15.8 Å². The summed E-state index contributed by atoms with van der Waals surface area (Å²) in [5.41, 5.74) is 3.27. The summed E-state index contributed by atoms with van der Waals surface area (Å²) in [5, 5.41) is 24.4. The van der Waals surface area contributed by atoms with Crippen molar-refractivity contribution in [3.05, 3.63) is 69.8 Å². The molecule has 0 saturated carbocycles. The number of aliphatic imine (C=N–C) groups is 1. The van der Waals surface area contributed by atoms with E-state index in [9.17, 15) is 29.6 Å². The van der Waals surface area contributed by atoms with Crippen molar-refractivity contribution in [3.63, 3.8) is 0 Å². The lowest BCUT2D eigenvalue weighted by Crippen LogP contribution is -2.60. The number of nitro groups is 1. The van der Waals surface area contributed by atoms with Crippen molar-refractivity contribution in [3.8, 4) is 0 Å². The molecule has 3 amide bonds. The number of amides is 3. The summed E-state index contributed by atoms with van der Waals surface area (Å²) >= 11 is 0. The van der Waals surface area contributed by atoms with Crippen LogP contribution in [0.5, 0.6) is 0 Å². The fraction of sp³-hybridized carbons (Fsp3) is 0.333. The van der Waals surface area contributed by atoms with Gasteiger partial charge in [-0.2, -0.15) is 0 Å². The molecule has 12 heteroatoms. The van der Waals surface area contributed by atoms with E-state index in [1.54, 1.807) is 51.1 Å². The third-order valence-corrected chi connectivity index (χ3v) is 5.53. The predicted octanol–water partition coefficient (Wildman–Crippen LogP) is 2.52.